The lowest BCUT2D eigenvalue weighted by molar-refractivity contribution is 0.139. The van der Waals surface area contributed by atoms with E-state index >= 15 is 0 Å². The Balaban J connectivity index is 1.88. The average Bonchev–Trinajstić information content (AvgIpc) is 2.76. The SMILES string of the molecule is CSC1CCCC1N1CCNC(CC(C)C)C1. The molecular weight excluding hydrogens is 228 g/mol. The summed E-state index contributed by atoms with van der Waals surface area (Å²) in [6, 6.07) is 1.59. The molecule has 1 aliphatic carbocycles. The number of nitrogens with one attached hydrogen (secondary N) is 1. The lowest BCUT2D eigenvalue weighted by Gasteiger charge is -2.40. The summed E-state index contributed by atoms with van der Waals surface area (Å²) >= 11 is 2.09. The molecule has 0 aromatic carbocycles. The molecule has 0 amide bonds. The van der Waals surface area contributed by atoms with Crippen molar-refractivity contribution in [1.29, 1.82) is 0 Å². The number of piperazine rings is 1. The van der Waals surface area contributed by atoms with Crippen molar-refractivity contribution in [3.63, 3.8) is 0 Å². The number of rotatable bonds is 4. The molecule has 0 spiro atoms. The van der Waals surface area contributed by atoms with Crippen molar-refractivity contribution in [2.45, 2.75) is 56.9 Å². The summed E-state index contributed by atoms with van der Waals surface area (Å²) in [4.78, 5) is 2.78. The van der Waals surface area contributed by atoms with E-state index in [1.165, 1.54) is 45.3 Å². The summed E-state index contributed by atoms with van der Waals surface area (Å²) < 4.78 is 0. The Morgan fingerprint density at radius 1 is 1.35 bits per heavy atom. The Labute approximate surface area is 111 Å². The maximum absolute atomic E-state index is 3.69. The predicted octanol–water partition coefficient (Wildman–Crippen LogP) is 2.59. The van der Waals surface area contributed by atoms with Gasteiger partial charge in [0.2, 0.25) is 0 Å². The third-order valence-electron chi connectivity index (χ3n) is 4.23. The molecule has 1 N–H and O–H groups in total. The summed E-state index contributed by atoms with van der Waals surface area (Å²) in [5, 5.41) is 4.58. The van der Waals surface area contributed by atoms with Gasteiger partial charge in [-0.25, -0.2) is 0 Å². The summed E-state index contributed by atoms with van der Waals surface area (Å²) in [6.45, 7) is 8.40. The van der Waals surface area contributed by atoms with E-state index in [0.29, 0.717) is 0 Å². The molecule has 3 heteroatoms. The Morgan fingerprint density at radius 2 is 2.18 bits per heavy atom. The standard InChI is InChI=1S/C14H28N2S/c1-11(2)9-12-10-16(8-7-15-12)13-5-4-6-14(13)17-3/h11-15H,4-10H2,1-3H3. The van der Waals surface area contributed by atoms with Crippen LogP contribution in [0.1, 0.15) is 39.5 Å². The van der Waals surface area contributed by atoms with Gasteiger partial charge in [-0.1, -0.05) is 20.3 Å². The van der Waals surface area contributed by atoms with E-state index in [9.17, 15) is 0 Å². The fourth-order valence-corrected chi connectivity index (χ4v) is 4.50. The van der Waals surface area contributed by atoms with Gasteiger partial charge in [0.05, 0.1) is 0 Å². The topological polar surface area (TPSA) is 15.3 Å². The zero-order valence-corrected chi connectivity index (χ0v) is 12.4. The predicted molar refractivity (Wildman–Crippen MR) is 77.8 cm³/mol. The maximum Gasteiger partial charge on any atom is 0.0215 e. The number of nitrogens with zero attached hydrogens (tertiary/aromatic N) is 1. The van der Waals surface area contributed by atoms with Gasteiger partial charge in [-0.3, -0.25) is 4.90 Å². The first-order valence-electron chi connectivity index (χ1n) is 7.21. The zero-order chi connectivity index (χ0) is 12.3. The lowest BCUT2D eigenvalue weighted by Crippen LogP contribution is -2.55. The van der Waals surface area contributed by atoms with Crippen LogP contribution >= 0.6 is 11.8 Å². The van der Waals surface area contributed by atoms with Gasteiger partial charge in [0.15, 0.2) is 0 Å². The highest BCUT2D eigenvalue weighted by molar-refractivity contribution is 7.99. The molecule has 2 aliphatic rings. The smallest absolute Gasteiger partial charge is 0.0215 e. The molecule has 2 fully saturated rings. The number of hydrogen-bond acceptors (Lipinski definition) is 3. The van der Waals surface area contributed by atoms with Gasteiger partial charge in [-0.15, -0.1) is 0 Å². The van der Waals surface area contributed by atoms with Gasteiger partial charge in [0, 0.05) is 37.0 Å². The molecular formula is C14H28N2S. The molecule has 1 aliphatic heterocycles. The summed E-state index contributed by atoms with van der Waals surface area (Å²) in [6.07, 6.45) is 7.92. The van der Waals surface area contributed by atoms with Gasteiger partial charge in [-0.05, 0) is 31.4 Å². The summed E-state index contributed by atoms with van der Waals surface area (Å²) in [5.74, 6) is 0.812. The maximum atomic E-state index is 3.69. The highest BCUT2D eigenvalue weighted by Gasteiger charge is 2.33. The van der Waals surface area contributed by atoms with E-state index in [4.69, 9.17) is 0 Å². The molecule has 17 heavy (non-hydrogen) atoms. The van der Waals surface area contributed by atoms with Gasteiger partial charge in [-0.2, -0.15) is 11.8 Å². The Bertz CT molecular complexity index is 232. The molecule has 0 bridgehead atoms. The number of hydrogen-bond donors (Lipinski definition) is 1. The fourth-order valence-electron chi connectivity index (χ4n) is 3.48. The zero-order valence-electron chi connectivity index (χ0n) is 11.6. The highest BCUT2D eigenvalue weighted by Crippen LogP contribution is 2.32. The Kier molecular flexibility index (Phi) is 5.19. The van der Waals surface area contributed by atoms with Crippen LogP contribution in [-0.2, 0) is 0 Å². The molecule has 100 valence electrons. The van der Waals surface area contributed by atoms with Gasteiger partial charge in [0.1, 0.15) is 0 Å². The Morgan fingerprint density at radius 3 is 2.88 bits per heavy atom. The minimum atomic E-state index is 0.729. The van der Waals surface area contributed by atoms with E-state index < -0.39 is 0 Å². The van der Waals surface area contributed by atoms with Gasteiger partial charge >= 0.3 is 0 Å². The van der Waals surface area contributed by atoms with Crippen molar-refractivity contribution in [3.05, 3.63) is 0 Å². The first-order chi connectivity index (χ1) is 8.20. The van der Waals surface area contributed by atoms with Crippen molar-refractivity contribution in [2.75, 3.05) is 25.9 Å². The highest BCUT2D eigenvalue weighted by atomic mass is 32.2. The molecule has 0 aromatic heterocycles. The van der Waals surface area contributed by atoms with Crippen molar-refractivity contribution in [1.82, 2.24) is 10.2 Å². The second-order valence-corrected chi connectivity index (χ2v) is 7.12. The van der Waals surface area contributed by atoms with E-state index in [2.05, 4.69) is 42.1 Å². The molecule has 1 saturated carbocycles. The van der Waals surface area contributed by atoms with Crippen LogP contribution < -0.4 is 5.32 Å². The van der Waals surface area contributed by atoms with E-state index in [1.807, 2.05) is 0 Å². The van der Waals surface area contributed by atoms with Crippen LogP contribution in [0.3, 0.4) is 0 Å². The van der Waals surface area contributed by atoms with Crippen LogP contribution in [0, 0.1) is 5.92 Å². The molecule has 2 nitrogen and oxygen atoms in total. The van der Waals surface area contributed by atoms with Crippen LogP contribution in [-0.4, -0.2) is 48.1 Å². The normalized spacial score (nSPS) is 35.6. The quantitative estimate of drug-likeness (QED) is 0.832. The Hall–Kier alpha value is 0.270. The third-order valence-corrected chi connectivity index (χ3v) is 5.39. The third kappa shape index (κ3) is 3.62. The van der Waals surface area contributed by atoms with Crippen LogP contribution in [0.15, 0.2) is 0 Å². The first kappa shape index (κ1) is 13.7. The van der Waals surface area contributed by atoms with Crippen molar-refractivity contribution in [2.24, 2.45) is 5.92 Å². The molecule has 0 aromatic rings. The van der Waals surface area contributed by atoms with Crippen LogP contribution in [0.5, 0.6) is 0 Å². The second kappa shape index (κ2) is 6.44. The van der Waals surface area contributed by atoms with Gasteiger partial charge in [0.25, 0.3) is 0 Å². The van der Waals surface area contributed by atoms with E-state index in [-0.39, 0.29) is 0 Å². The van der Waals surface area contributed by atoms with E-state index in [1.54, 1.807) is 0 Å². The van der Waals surface area contributed by atoms with Crippen molar-refractivity contribution >= 4 is 11.8 Å². The second-order valence-electron chi connectivity index (χ2n) is 6.05. The lowest BCUT2D eigenvalue weighted by atomic mass is 10.0. The molecule has 1 saturated heterocycles. The fraction of sp³-hybridized carbons (Fsp3) is 1.00. The van der Waals surface area contributed by atoms with Crippen molar-refractivity contribution in [3.8, 4) is 0 Å². The monoisotopic (exact) mass is 256 g/mol. The molecule has 3 unspecified atom stereocenters. The minimum Gasteiger partial charge on any atom is -0.311 e. The molecule has 0 radical (unpaired) electrons. The largest absolute Gasteiger partial charge is 0.311 e. The van der Waals surface area contributed by atoms with Crippen LogP contribution in [0.2, 0.25) is 0 Å². The van der Waals surface area contributed by atoms with Gasteiger partial charge < -0.3 is 5.32 Å². The summed E-state index contributed by atoms with van der Waals surface area (Å²) in [7, 11) is 0. The number of thioether (sulfide) groups is 1. The first-order valence-corrected chi connectivity index (χ1v) is 8.49. The van der Waals surface area contributed by atoms with Crippen LogP contribution in [0.4, 0.5) is 0 Å². The summed E-state index contributed by atoms with van der Waals surface area (Å²) in [5.41, 5.74) is 0. The molecule has 3 atom stereocenters. The average molecular weight is 256 g/mol. The minimum absolute atomic E-state index is 0.729. The van der Waals surface area contributed by atoms with Crippen molar-refractivity contribution < 1.29 is 0 Å². The molecule has 1 heterocycles. The molecule has 2 rings (SSSR count). The van der Waals surface area contributed by atoms with E-state index in [0.717, 1.165) is 23.3 Å². The van der Waals surface area contributed by atoms with Crippen LogP contribution in [0.25, 0.3) is 0 Å².